The molecule has 0 amide bonds. The van der Waals surface area contributed by atoms with Crippen LogP contribution in [0.15, 0.2) is 24.3 Å². The largest absolute Gasteiger partial charge is 0.184 e. The van der Waals surface area contributed by atoms with E-state index in [1.807, 2.05) is 38.1 Å². The minimum absolute atomic E-state index is 0. The second-order valence-electron chi connectivity index (χ2n) is 1.58. The Labute approximate surface area is 76.4 Å². The summed E-state index contributed by atoms with van der Waals surface area (Å²) in [5.41, 5.74) is 1.29. The van der Waals surface area contributed by atoms with Gasteiger partial charge in [-0.1, -0.05) is 20.8 Å². The molecule has 10 heavy (non-hydrogen) atoms. The van der Waals surface area contributed by atoms with E-state index in [1.54, 1.807) is 0 Å². The van der Waals surface area contributed by atoms with Crippen LogP contribution in [-0.2, 0) is 19.5 Å². The second kappa shape index (κ2) is 8.84. The summed E-state index contributed by atoms with van der Waals surface area (Å²) in [6.07, 6.45) is 0. The van der Waals surface area contributed by atoms with Gasteiger partial charge in [-0.25, -0.2) is 0 Å². The first-order valence-electron chi connectivity index (χ1n) is 3.32. The van der Waals surface area contributed by atoms with Crippen molar-refractivity contribution in [2.75, 3.05) is 0 Å². The first-order chi connectivity index (χ1) is 4.39. The maximum Gasteiger partial charge on any atom is 0 e. The molecular formula is C9H13Rh-. The molecule has 59 valence electrons. The van der Waals surface area contributed by atoms with E-state index in [4.69, 9.17) is 0 Å². The van der Waals surface area contributed by atoms with Crippen molar-refractivity contribution in [2.45, 2.75) is 20.8 Å². The Hall–Kier alpha value is -0.157. The zero-order chi connectivity index (χ0) is 7.11. The van der Waals surface area contributed by atoms with Crippen LogP contribution in [-0.4, -0.2) is 0 Å². The molecule has 0 aromatic heterocycles. The Bertz CT molecular complexity index is 135. The molecule has 0 bridgehead atoms. The van der Waals surface area contributed by atoms with E-state index in [9.17, 15) is 0 Å². The summed E-state index contributed by atoms with van der Waals surface area (Å²) in [4.78, 5) is 0. The zero-order valence-corrected chi connectivity index (χ0v) is 8.28. The van der Waals surface area contributed by atoms with Gasteiger partial charge in [-0.2, -0.15) is 35.9 Å². The molecule has 1 rings (SSSR count). The monoisotopic (exact) mass is 224 g/mol. The van der Waals surface area contributed by atoms with Crippen LogP contribution < -0.4 is 0 Å². The summed E-state index contributed by atoms with van der Waals surface area (Å²) in [6, 6.07) is 10.8. The number of hydrogen-bond donors (Lipinski definition) is 0. The van der Waals surface area contributed by atoms with Crippen LogP contribution in [0.5, 0.6) is 0 Å². The minimum Gasteiger partial charge on any atom is -0.184 e. The number of rotatable bonds is 0. The molecule has 1 radical (unpaired) electrons. The molecular weight excluding hydrogens is 211 g/mol. The normalized spacial score (nSPS) is 6.70. The molecule has 0 aliphatic heterocycles. The fourth-order valence-corrected chi connectivity index (χ4v) is 0.470. The minimum atomic E-state index is 0. The van der Waals surface area contributed by atoms with Crippen molar-refractivity contribution in [1.82, 2.24) is 0 Å². The van der Waals surface area contributed by atoms with E-state index >= 15 is 0 Å². The van der Waals surface area contributed by atoms with Gasteiger partial charge in [0.2, 0.25) is 0 Å². The van der Waals surface area contributed by atoms with E-state index < -0.39 is 0 Å². The standard InChI is InChI=1S/C7H7.C2H6.Rh/c1-7-5-3-2-4-6-7;1-2;/h3-6H,1H3;1-2H3;/q-1;;. The van der Waals surface area contributed by atoms with Gasteiger partial charge in [0, 0.05) is 19.5 Å². The zero-order valence-electron chi connectivity index (χ0n) is 6.64. The van der Waals surface area contributed by atoms with Crippen molar-refractivity contribution in [1.29, 1.82) is 0 Å². The number of hydrogen-bond acceptors (Lipinski definition) is 0. The van der Waals surface area contributed by atoms with Gasteiger partial charge in [0.15, 0.2) is 0 Å². The van der Waals surface area contributed by atoms with Crippen molar-refractivity contribution >= 4 is 0 Å². The molecule has 0 nitrogen and oxygen atoms in total. The fourth-order valence-electron chi connectivity index (χ4n) is 0.470. The Kier molecular flexibility index (Phi) is 11.1. The quantitative estimate of drug-likeness (QED) is 0.469. The second-order valence-corrected chi connectivity index (χ2v) is 1.58. The van der Waals surface area contributed by atoms with Crippen molar-refractivity contribution in [3.8, 4) is 0 Å². The predicted octanol–water partition coefficient (Wildman–Crippen LogP) is 2.82. The molecule has 0 atom stereocenters. The Morgan fingerprint density at radius 3 is 1.70 bits per heavy atom. The SMILES string of the molecule is CC.Cc1cc[c-]cc1.[Rh]. The molecule has 1 heteroatoms. The van der Waals surface area contributed by atoms with E-state index in [0.29, 0.717) is 0 Å². The van der Waals surface area contributed by atoms with Crippen LogP contribution in [0, 0.1) is 13.0 Å². The maximum absolute atomic E-state index is 2.93. The van der Waals surface area contributed by atoms with Gasteiger partial charge in [0.05, 0.1) is 0 Å². The van der Waals surface area contributed by atoms with Crippen molar-refractivity contribution in [3.63, 3.8) is 0 Å². The van der Waals surface area contributed by atoms with Crippen molar-refractivity contribution in [2.24, 2.45) is 0 Å². The van der Waals surface area contributed by atoms with Crippen LogP contribution in [0.4, 0.5) is 0 Å². The third-order valence-electron chi connectivity index (χ3n) is 0.885. The van der Waals surface area contributed by atoms with Crippen molar-refractivity contribution < 1.29 is 19.5 Å². The average molecular weight is 224 g/mol. The van der Waals surface area contributed by atoms with Gasteiger partial charge in [0.25, 0.3) is 0 Å². The Morgan fingerprint density at radius 1 is 1.10 bits per heavy atom. The van der Waals surface area contributed by atoms with E-state index in [2.05, 4.69) is 13.0 Å². The van der Waals surface area contributed by atoms with E-state index in [1.165, 1.54) is 5.56 Å². The van der Waals surface area contributed by atoms with Crippen molar-refractivity contribution in [3.05, 3.63) is 35.9 Å². The number of benzene rings is 1. The van der Waals surface area contributed by atoms with Gasteiger partial charge >= 0.3 is 0 Å². The first-order valence-corrected chi connectivity index (χ1v) is 3.32. The van der Waals surface area contributed by atoms with Crippen LogP contribution >= 0.6 is 0 Å². The van der Waals surface area contributed by atoms with Gasteiger partial charge in [-0.15, -0.1) is 0 Å². The van der Waals surface area contributed by atoms with Gasteiger partial charge in [0.1, 0.15) is 0 Å². The summed E-state index contributed by atoms with van der Waals surface area (Å²) in [5, 5.41) is 0. The van der Waals surface area contributed by atoms with Gasteiger partial charge in [-0.05, 0) is 0 Å². The van der Waals surface area contributed by atoms with Crippen LogP contribution in [0.2, 0.25) is 0 Å². The van der Waals surface area contributed by atoms with Crippen LogP contribution in [0.3, 0.4) is 0 Å². The van der Waals surface area contributed by atoms with E-state index in [-0.39, 0.29) is 19.5 Å². The fraction of sp³-hybridized carbons (Fsp3) is 0.333. The van der Waals surface area contributed by atoms with Gasteiger partial charge in [-0.3, -0.25) is 0 Å². The number of aryl methyl sites for hydroxylation is 1. The summed E-state index contributed by atoms with van der Waals surface area (Å²) in [6.45, 7) is 6.06. The molecule has 0 unspecified atom stereocenters. The van der Waals surface area contributed by atoms with Crippen LogP contribution in [0.25, 0.3) is 0 Å². The molecule has 0 heterocycles. The molecule has 0 saturated heterocycles. The first kappa shape index (κ1) is 12.5. The smallest absolute Gasteiger partial charge is 0 e. The molecule has 1 aromatic carbocycles. The summed E-state index contributed by atoms with van der Waals surface area (Å²) < 4.78 is 0. The molecule has 0 aliphatic rings. The van der Waals surface area contributed by atoms with Gasteiger partial charge < -0.3 is 0 Å². The Balaban J connectivity index is 0. The molecule has 0 N–H and O–H groups in total. The average Bonchev–Trinajstić information content (AvgIpc) is 1.94. The third kappa shape index (κ3) is 5.97. The summed E-state index contributed by atoms with van der Waals surface area (Å²) in [7, 11) is 0. The molecule has 0 spiro atoms. The molecule has 0 saturated carbocycles. The summed E-state index contributed by atoms with van der Waals surface area (Å²) >= 11 is 0. The third-order valence-corrected chi connectivity index (χ3v) is 0.885. The van der Waals surface area contributed by atoms with E-state index in [0.717, 1.165) is 0 Å². The maximum atomic E-state index is 2.93. The molecule has 0 fully saturated rings. The predicted molar refractivity (Wildman–Crippen MR) is 41.4 cm³/mol. The van der Waals surface area contributed by atoms with Crippen LogP contribution in [0.1, 0.15) is 19.4 Å². The molecule has 0 aliphatic carbocycles. The topological polar surface area (TPSA) is 0 Å². The molecule has 1 aromatic rings. The summed E-state index contributed by atoms with van der Waals surface area (Å²) in [5.74, 6) is 0. The Morgan fingerprint density at radius 2 is 1.50 bits per heavy atom.